The molecule has 0 saturated carbocycles. The van der Waals surface area contributed by atoms with E-state index in [1.54, 1.807) is 0 Å². The maximum atomic E-state index is 13.0. The molecule has 1 saturated heterocycles. The van der Waals surface area contributed by atoms with Crippen molar-refractivity contribution >= 4 is 21.8 Å². The van der Waals surface area contributed by atoms with Gasteiger partial charge in [0.05, 0.1) is 0 Å². The molecule has 0 aliphatic carbocycles. The Kier molecular flexibility index (Phi) is 7.05. The molecule has 0 N–H and O–H groups in total. The van der Waals surface area contributed by atoms with E-state index in [9.17, 15) is 4.79 Å². The number of benzene rings is 3. The van der Waals surface area contributed by atoms with Crippen molar-refractivity contribution in [3.8, 4) is 5.75 Å². The van der Waals surface area contributed by atoms with Crippen LogP contribution in [0.4, 0.5) is 0 Å². The third-order valence-electron chi connectivity index (χ3n) is 5.71. The number of rotatable bonds is 6. The molecule has 3 aromatic carbocycles. The topological polar surface area (TPSA) is 32.8 Å². The van der Waals surface area contributed by atoms with Gasteiger partial charge >= 0.3 is 0 Å². The van der Waals surface area contributed by atoms with Gasteiger partial charge in [0.15, 0.2) is 0 Å². The van der Waals surface area contributed by atoms with Crippen LogP contribution >= 0.6 is 15.9 Å². The maximum Gasteiger partial charge on any atom is 0.253 e. The van der Waals surface area contributed by atoms with Crippen LogP contribution in [-0.2, 0) is 13.2 Å². The molecule has 0 unspecified atom stereocenters. The third-order valence-corrected chi connectivity index (χ3v) is 6.24. The lowest BCUT2D eigenvalue weighted by atomic mass is 10.1. The summed E-state index contributed by atoms with van der Waals surface area (Å²) in [7, 11) is 0. The first-order valence-corrected chi connectivity index (χ1v) is 11.4. The van der Waals surface area contributed by atoms with E-state index in [-0.39, 0.29) is 5.91 Å². The van der Waals surface area contributed by atoms with Crippen LogP contribution in [0.15, 0.2) is 77.3 Å². The van der Waals surface area contributed by atoms with Crippen LogP contribution in [-0.4, -0.2) is 41.9 Å². The fourth-order valence-electron chi connectivity index (χ4n) is 3.81. The normalized spacial score (nSPS) is 14.5. The molecule has 31 heavy (non-hydrogen) atoms. The number of piperazine rings is 1. The smallest absolute Gasteiger partial charge is 0.253 e. The number of aryl methyl sites for hydroxylation is 1. The van der Waals surface area contributed by atoms with Crippen LogP contribution in [0.2, 0.25) is 0 Å². The van der Waals surface area contributed by atoms with Gasteiger partial charge in [-0.15, -0.1) is 0 Å². The van der Waals surface area contributed by atoms with Gasteiger partial charge in [-0.25, -0.2) is 0 Å². The van der Waals surface area contributed by atoms with E-state index in [1.807, 2.05) is 53.4 Å². The molecule has 3 aromatic rings. The minimum atomic E-state index is 0.0982. The lowest BCUT2D eigenvalue weighted by Gasteiger charge is -2.35. The number of carbonyl (C=O) groups excluding carboxylic acids is 1. The number of ether oxygens (including phenoxy) is 1. The van der Waals surface area contributed by atoms with Gasteiger partial charge < -0.3 is 9.64 Å². The summed E-state index contributed by atoms with van der Waals surface area (Å²) in [4.78, 5) is 17.4. The molecule has 1 fully saturated rings. The van der Waals surface area contributed by atoms with Crippen LogP contribution in [0.25, 0.3) is 0 Å². The highest BCUT2D eigenvalue weighted by molar-refractivity contribution is 9.10. The minimum absolute atomic E-state index is 0.0982. The van der Waals surface area contributed by atoms with Gasteiger partial charge in [-0.3, -0.25) is 9.69 Å². The van der Waals surface area contributed by atoms with Crippen molar-refractivity contribution in [2.75, 3.05) is 26.2 Å². The maximum absolute atomic E-state index is 13.0. The Morgan fingerprint density at radius 1 is 0.935 bits per heavy atom. The standard InChI is InChI=1S/C26H27BrN2O2/c1-20-5-2-3-7-23(20)18-28-13-15-29(16-14-28)26(30)22-8-4-6-21(17-22)19-31-25-11-9-24(27)10-12-25/h2-12,17H,13-16,18-19H2,1H3. The first-order valence-electron chi connectivity index (χ1n) is 10.6. The molecule has 4 rings (SSSR count). The Bertz CT molecular complexity index is 1030. The Hall–Kier alpha value is -2.63. The predicted molar refractivity (Wildman–Crippen MR) is 127 cm³/mol. The molecular weight excluding hydrogens is 452 g/mol. The van der Waals surface area contributed by atoms with Gasteiger partial charge in [-0.2, -0.15) is 0 Å². The summed E-state index contributed by atoms with van der Waals surface area (Å²) in [6.45, 7) is 6.83. The predicted octanol–water partition coefficient (Wildman–Crippen LogP) is 5.29. The molecule has 4 nitrogen and oxygen atoms in total. The van der Waals surface area contributed by atoms with E-state index in [4.69, 9.17) is 4.74 Å². The zero-order chi connectivity index (χ0) is 21.6. The number of halogens is 1. The van der Waals surface area contributed by atoms with Crippen LogP contribution < -0.4 is 4.74 Å². The van der Waals surface area contributed by atoms with Gasteiger partial charge in [0, 0.05) is 42.8 Å². The molecule has 0 atom stereocenters. The molecule has 1 heterocycles. The Labute approximate surface area is 192 Å². The monoisotopic (exact) mass is 478 g/mol. The highest BCUT2D eigenvalue weighted by Crippen LogP contribution is 2.19. The van der Waals surface area contributed by atoms with Crippen molar-refractivity contribution in [3.63, 3.8) is 0 Å². The average molecular weight is 479 g/mol. The molecule has 0 radical (unpaired) electrons. The van der Waals surface area contributed by atoms with Crippen molar-refractivity contribution in [1.29, 1.82) is 0 Å². The second-order valence-electron chi connectivity index (χ2n) is 7.94. The third kappa shape index (κ3) is 5.75. The number of carbonyl (C=O) groups is 1. The highest BCUT2D eigenvalue weighted by Gasteiger charge is 2.22. The summed E-state index contributed by atoms with van der Waals surface area (Å²) in [6, 6.07) is 24.0. The fraction of sp³-hybridized carbons (Fsp3) is 0.269. The van der Waals surface area contributed by atoms with Crippen LogP contribution in [0.1, 0.15) is 27.0 Å². The van der Waals surface area contributed by atoms with Gasteiger partial charge in [0.25, 0.3) is 5.91 Å². The van der Waals surface area contributed by atoms with Crippen molar-refractivity contribution in [2.24, 2.45) is 0 Å². The average Bonchev–Trinajstić information content (AvgIpc) is 2.80. The molecule has 0 aromatic heterocycles. The molecule has 0 spiro atoms. The van der Waals surface area contributed by atoms with Crippen molar-refractivity contribution in [3.05, 3.63) is 99.5 Å². The van der Waals surface area contributed by atoms with E-state index in [0.29, 0.717) is 6.61 Å². The van der Waals surface area contributed by atoms with Crippen LogP contribution in [0.5, 0.6) is 5.75 Å². The van der Waals surface area contributed by atoms with E-state index in [2.05, 4.69) is 52.0 Å². The molecule has 0 bridgehead atoms. The van der Waals surface area contributed by atoms with Gasteiger partial charge in [-0.05, 0) is 60.0 Å². The summed E-state index contributed by atoms with van der Waals surface area (Å²) < 4.78 is 6.87. The van der Waals surface area contributed by atoms with E-state index < -0.39 is 0 Å². The molecule has 1 aliphatic rings. The van der Waals surface area contributed by atoms with Crippen molar-refractivity contribution in [1.82, 2.24) is 9.80 Å². The summed E-state index contributed by atoms with van der Waals surface area (Å²) in [5.41, 5.74) is 4.40. The zero-order valence-corrected chi connectivity index (χ0v) is 19.3. The molecular formula is C26H27BrN2O2. The molecule has 5 heteroatoms. The van der Waals surface area contributed by atoms with E-state index in [0.717, 1.165) is 54.1 Å². The Morgan fingerprint density at radius 3 is 2.42 bits per heavy atom. The van der Waals surface area contributed by atoms with Crippen molar-refractivity contribution < 1.29 is 9.53 Å². The van der Waals surface area contributed by atoms with Crippen LogP contribution in [0, 0.1) is 6.92 Å². The second kappa shape index (κ2) is 10.1. The fourth-order valence-corrected chi connectivity index (χ4v) is 4.08. The number of hydrogen-bond donors (Lipinski definition) is 0. The number of hydrogen-bond acceptors (Lipinski definition) is 3. The Morgan fingerprint density at radius 2 is 1.68 bits per heavy atom. The molecule has 1 amide bonds. The van der Waals surface area contributed by atoms with Gasteiger partial charge in [-0.1, -0.05) is 52.3 Å². The molecule has 160 valence electrons. The number of amides is 1. The minimum Gasteiger partial charge on any atom is -0.489 e. The molecule has 1 aliphatic heterocycles. The van der Waals surface area contributed by atoms with E-state index >= 15 is 0 Å². The largest absolute Gasteiger partial charge is 0.489 e. The second-order valence-corrected chi connectivity index (χ2v) is 8.85. The summed E-state index contributed by atoms with van der Waals surface area (Å²) in [5, 5.41) is 0. The Balaban J connectivity index is 1.32. The highest BCUT2D eigenvalue weighted by atomic mass is 79.9. The van der Waals surface area contributed by atoms with Crippen LogP contribution in [0.3, 0.4) is 0 Å². The summed E-state index contributed by atoms with van der Waals surface area (Å²) >= 11 is 3.43. The lowest BCUT2D eigenvalue weighted by molar-refractivity contribution is 0.0628. The lowest BCUT2D eigenvalue weighted by Crippen LogP contribution is -2.48. The summed E-state index contributed by atoms with van der Waals surface area (Å²) in [5.74, 6) is 0.908. The summed E-state index contributed by atoms with van der Waals surface area (Å²) in [6.07, 6.45) is 0. The van der Waals surface area contributed by atoms with Crippen molar-refractivity contribution in [2.45, 2.75) is 20.1 Å². The van der Waals surface area contributed by atoms with E-state index in [1.165, 1.54) is 11.1 Å². The zero-order valence-electron chi connectivity index (χ0n) is 17.8. The first-order chi connectivity index (χ1) is 15.1. The number of nitrogens with zero attached hydrogens (tertiary/aromatic N) is 2. The van der Waals surface area contributed by atoms with Gasteiger partial charge in [0.1, 0.15) is 12.4 Å². The first kappa shape index (κ1) is 21.6. The SMILES string of the molecule is Cc1ccccc1CN1CCN(C(=O)c2cccc(COc3ccc(Br)cc3)c2)CC1. The quantitative estimate of drug-likeness (QED) is 0.482. The van der Waals surface area contributed by atoms with Gasteiger partial charge in [0.2, 0.25) is 0 Å².